The van der Waals surface area contributed by atoms with Crippen molar-refractivity contribution >= 4 is 34.0 Å². The molecule has 0 radical (unpaired) electrons. The summed E-state index contributed by atoms with van der Waals surface area (Å²) in [4.78, 5) is 0. The summed E-state index contributed by atoms with van der Waals surface area (Å²) in [5.74, 6) is 0.234. The Hall–Kier alpha value is -1.88. The van der Waals surface area contributed by atoms with Gasteiger partial charge >= 0.3 is 0 Å². The van der Waals surface area contributed by atoms with Gasteiger partial charge in [-0.25, -0.2) is 0 Å². The smallest absolute Gasteiger partial charge is 0.243 e. The number of benzene rings is 1. The Labute approximate surface area is 89.5 Å². The van der Waals surface area contributed by atoms with Crippen molar-refractivity contribution in [3.05, 3.63) is 29.4 Å². The number of hydrogen-bond donors (Lipinski definition) is 1. The van der Waals surface area contributed by atoms with E-state index in [9.17, 15) is 0 Å². The zero-order chi connectivity index (χ0) is 10.4. The topological polar surface area (TPSA) is 69.1 Å². The lowest BCUT2D eigenvalue weighted by atomic mass is 10.2. The predicted molar refractivity (Wildman–Crippen MR) is 57.7 cm³/mol. The fourth-order valence-electron chi connectivity index (χ4n) is 1.56. The Morgan fingerprint density at radius 1 is 1.13 bits per heavy atom. The number of hydrogen-bond acceptors (Lipinski definition) is 4. The van der Waals surface area contributed by atoms with Crippen LogP contribution in [0.1, 0.15) is 0 Å². The third-order valence-electron chi connectivity index (χ3n) is 2.24. The second-order valence-corrected chi connectivity index (χ2v) is 3.49. The van der Waals surface area contributed by atoms with Crippen molar-refractivity contribution in [3.63, 3.8) is 0 Å². The number of anilines is 1. The van der Waals surface area contributed by atoms with Crippen LogP contribution in [-0.4, -0.2) is 19.8 Å². The SMILES string of the molecule is Nc1nnc2c3ccccc3c(Cl)nn12. The summed E-state index contributed by atoms with van der Waals surface area (Å²) < 4.78 is 1.44. The van der Waals surface area contributed by atoms with Gasteiger partial charge in [-0.3, -0.25) is 0 Å². The largest absolute Gasteiger partial charge is 0.366 e. The van der Waals surface area contributed by atoms with Crippen molar-refractivity contribution in [1.29, 1.82) is 0 Å². The Balaban J connectivity index is 2.65. The normalized spacial score (nSPS) is 11.3. The molecule has 1 aromatic carbocycles. The highest BCUT2D eigenvalue weighted by atomic mass is 35.5. The first kappa shape index (κ1) is 8.43. The molecule has 2 aromatic heterocycles. The molecule has 0 amide bonds. The Kier molecular flexibility index (Phi) is 1.58. The lowest BCUT2D eigenvalue weighted by Gasteiger charge is -2.01. The molecule has 3 rings (SSSR count). The number of halogens is 1. The van der Waals surface area contributed by atoms with E-state index in [0.29, 0.717) is 10.8 Å². The van der Waals surface area contributed by atoms with Crippen molar-refractivity contribution in [2.45, 2.75) is 0 Å². The van der Waals surface area contributed by atoms with E-state index in [2.05, 4.69) is 15.3 Å². The van der Waals surface area contributed by atoms with Gasteiger partial charge in [-0.15, -0.1) is 10.2 Å². The molecular formula is C9H6ClN5. The molecule has 0 bridgehead atoms. The summed E-state index contributed by atoms with van der Waals surface area (Å²) in [5, 5.41) is 13.9. The highest BCUT2D eigenvalue weighted by Crippen LogP contribution is 2.24. The molecule has 0 saturated heterocycles. The van der Waals surface area contributed by atoms with Crippen molar-refractivity contribution < 1.29 is 0 Å². The maximum Gasteiger partial charge on any atom is 0.243 e. The first-order valence-electron chi connectivity index (χ1n) is 4.32. The maximum atomic E-state index is 6.02. The standard InChI is InChI=1S/C9H6ClN5/c10-7-5-3-1-2-4-6(5)8-12-13-9(11)15(8)14-7/h1-4H,(H2,11,13). The number of aromatic nitrogens is 4. The van der Waals surface area contributed by atoms with Gasteiger partial charge in [0.05, 0.1) is 0 Å². The Bertz CT molecular complexity index is 660. The summed E-state index contributed by atoms with van der Waals surface area (Å²) in [5.41, 5.74) is 6.22. The Morgan fingerprint density at radius 2 is 1.87 bits per heavy atom. The van der Waals surface area contributed by atoms with Gasteiger partial charge in [0.25, 0.3) is 0 Å². The molecule has 74 valence electrons. The van der Waals surface area contributed by atoms with E-state index < -0.39 is 0 Å². The summed E-state index contributed by atoms with van der Waals surface area (Å²) in [6.45, 7) is 0. The first-order valence-corrected chi connectivity index (χ1v) is 4.70. The summed E-state index contributed by atoms with van der Waals surface area (Å²) in [6, 6.07) is 7.59. The average molecular weight is 220 g/mol. The molecule has 2 heterocycles. The van der Waals surface area contributed by atoms with E-state index in [1.54, 1.807) is 0 Å². The molecule has 15 heavy (non-hydrogen) atoms. The predicted octanol–water partition coefficient (Wildman–Crippen LogP) is 1.51. The quantitative estimate of drug-likeness (QED) is 0.622. The summed E-state index contributed by atoms with van der Waals surface area (Å²) in [7, 11) is 0. The van der Waals surface area contributed by atoms with Crippen molar-refractivity contribution in [2.24, 2.45) is 0 Å². The van der Waals surface area contributed by atoms with Crippen LogP contribution in [0.15, 0.2) is 24.3 Å². The number of nitrogens with zero attached hydrogens (tertiary/aromatic N) is 4. The van der Waals surface area contributed by atoms with Crippen LogP contribution in [0.4, 0.5) is 5.95 Å². The van der Waals surface area contributed by atoms with Gasteiger partial charge in [-0.2, -0.15) is 9.61 Å². The summed E-state index contributed by atoms with van der Waals surface area (Å²) in [6.07, 6.45) is 0. The number of nitrogen functional groups attached to an aromatic ring is 1. The van der Waals surface area contributed by atoms with Crippen LogP contribution in [0.5, 0.6) is 0 Å². The fourth-order valence-corrected chi connectivity index (χ4v) is 1.80. The van der Waals surface area contributed by atoms with Gasteiger partial charge in [0.15, 0.2) is 10.8 Å². The van der Waals surface area contributed by atoms with Gasteiger partial charge in [0.1, 0.15) is 0 Å². The van der Waals surface area contributed by atoms with E-state index in [1.807, 2.05) is 24.3 Å². The third-order valence-corrected chi connectivity index (χ3v) is 2.52. The molecule has 0 fully saturated rings. The summed E-state index contributed by atoms with van der Waals surface area (Å²) >= 11 is 6.02. The molecule has 0 aliphatic carbocycles. The second kappa shape index (κ2) is 2.80. The first-order chi connectivity index (χ1) is 7.27. The van der Waals surface area contributed by atoms with E-state index >= 15 is 0 Å². The zero-order valence-electron chi connectivity index (χ0n) is 7.55. The van der Waals surface area contributed by atoms with E-state index in [0.717, 1.165) is 10.8 Å². The fraction of sp³-hybridized carbons (Fsp3) is 0. The second-order valence-electron chi connectivity index (χ2n) is 3.13. The maximum absolute atomic E-state index is 6.02. The van der Waals surface area contributed by atoms with Crippen LogP contribution in [0.2, 0.25) is 5.15 Å². The van der Waals surface area contributed by atoms with Gasteiger partial charge < -0.3 is 5.73 Å². The average Bonchev–Trinajstić information content (AvgIpc) is 2.62. The van der Waals surface area contributed by atoms with Crippen LogP contribution in [0, 0.1) is 0 Å². The van der Waals surface area contributed by atoms with Crippen LogP contribution in [0.3, 0.4) is 0 Å². The van der Waals surface area contributed by atoms with Crippen LogP contribution >= 0.6 is 11.6 Å². The molecule has 3 aromatic rings. The van der Waals surface area contributed by atoms with Gasteiger partial charge in [0.2, 0.25) is 5.95 Å². The molecule has 2 N–H and O–H groups in total. The third kappa shape index (κ3) is 1.07. The van der Waals surface area contributed by atoms with E-state index in [-0.39, 0.29) is 5.95 Å². The van der Waals surface area contributed by atoms with Crippen molar-refractivity contribution in [1.82, 2.24) is 19.8 Å². The molecule has 5 nitrogen and oxygen atoms in total. The van der Waals surface area contributed by atoms with Crippen molar-refractivity contribution in [2.75, 3.05) is 5.73 Å². The van der Waals surface area contributed by atoms with Gasteiger partial charge in [0, 0.05) is 10.8 Å². The van der Waals surface area contributed by atoms with E-state index in [1.165, 1.54) is 4.52 Å². The molecule has 6 heteroatoms. The van der Waals surface area contributed by atoms with Crippen molar-refractivity contribution in [3.8, 4) is 0 Å². The number of rotatable bonds is 0. The molecule has 0 atom stereocenters. The molecule has 0 aliphatic heterocycles. The van der Waals surface area contributed by atoms with Gasteiger partial charge in [-0.1, -0.05) is 35.9 Å². The highest BCUT2D eigenvalue weighted by Gasteiger charge is 2.10. The molecular weight excluding hydrogens is 214 g/mol. The highest BCUT2D eigenvalue weighted by molar-refractivity contribution is 6.34. The van der Waals surface area contributed by atoms with E-state index in [4.69, 9.17) is 17.3 Å². The molecule has 0 aliphatic rings. The monoisotopic (exact) mass is 219 g/mol. The van der Waals surface area contributed by atoms with Crippen LogP contribution < -0.4 is 5.73 Å². The van der Waals surface area contributed by atoms with Gasteiger partial charge in [-0.05, 0) is 0 Å². The van der Waals surface area contributed by atoms with Crippen LogP contribution in [-0.2, 0) is 0 Å². The molecule has 0 saturated carbocycles. The minimum Gasteiger partial charge on any atom is -0.366 e. The zero-order valence-corrected chi connectivity index (χ0v) is 8.31. The number of fused-ring (bicyclic) bond motifs is 3. The molecule has 0 spiro atoms. The minimum absolute atomic E-state index is 0.234. The Morgan fingerprint density at radius 3 is 2.67 bits per heavy atom. The van der Waals surface area contributed by atoms with Crippen LogP contribution in [0.25, 0.3) is 16.4 Å². The lowest BCUT2D eigenvalue weighted by Crippen LogP contribution is -1.99. The number of nitrogens with two attached hydrogens (primary N) is 1. The minimum atomic E-state index is 0.234. The molecule has 0 unspecified atom stereocenters. The lowest BCUT2D eigenvalue weighted by molar-refractivity contribution is 0.951.